The van der Waals surface area contributed by atoms with Crippen LogP contribution < -0.4 is 15.4 Å². The molecular weight excluding hydrogens is 299 g/mol. The Morgan fingerprint density at radius 2 is 2.30 bits per heavy atom. The van der Waals surface area contributed by atoms with Gasteiger partial charge < -0.3 is 15.4 Å². The van der Waals surface area contributed by atoms with E-state index in [4.69, 9.17) is 27.9 Å². The van der Waals surface area contributed by atoms with Crippen molar-refractivity contribution in [2.45, 2.75) is 31.9 Å². The van der Waals surface area contributed by atoms with Crippen LogP contribution in [0.3, 0.4) is 0 Å². The van der Waals surface area contributed by atoms with Gasteiger partial charge in [-0.25, -0.2) is 0 Å². The number of halogens is 2. The molecule has 1 aromatic carbocycles. The lowest BCUT2D eigenvalue weighted by Crippen LogP contribution is -2.49. The van der Waals surface area contributed by atoms with Gasteiger partial charge in [-0.3, -0.25) is 4.79 Å². The average molecular weight is 317 g/mol. The van der Waals surface area contributed by atoms with Gasteiger partial charge in [0.05, 0.1) is 5.02 Å². The highest BCUT2D eigenvalue weighted by Gasteiger charge is 2.21. The molecular formula is C14H18Cl2N2O2. The molecule has 1 saturated heterocycles. The average Bonchev–Trinajstić information content (AvgIpc) is 2.45. The predicted octanol–water partition coefficient (Wildman–Crippen LogP) is 2.63. The van der Waals surface area contributed by atoms with Crippen molar-refractivity contribution in [3.8, 4) is 5.75 Å². The molecule has 4 nitrogen and oxygen atoms in total. The van der Waals surface area contributed by atoms with Crippen LogP contribution in [-0.2, 0) is 4.79 Å². The number of benzene rings is 1. The first-order valence-corrected chi connectivity index (χ1v) is 7.45. The van der Waals surface area contributed by atoms with E-state index < -0.39 is 6.10 Å². The minimum atomic E-state index is -0.618. The summed E-state index contributed by atoms with van der Waals surface area (Å²) >= 11 is 11.9. The van der Waals surface area contributed by atoms with Crippen molar-refractivity contribution in [2.75, 3.05) is 13.1 Å². The van der Waals surface area contributed by atoms with E-state index in [1.165, 1.54) is 0 Å². The lowest BCUT2D eigenvalue weighted by molar-refractivity contribution is -0.128. The number of hydrogen-bond donors (Lipinski definition) is 2. The lowest BCUT2D eigenvalue weighted by Gasteiger charge is -2.25. The molecule has 0 bridgehead atoms. The Bertz CT molecular complexity index is 476. The molecule has 1 aromatic rings. The highest BCUT2D eigenvalue weighted by atomic mass is 35.5. The van der Waals surface area contributed by atoms with Crippen molar-refractivity contribution in [1.29, 1.82) is 0 Å². The van der Waals surface area contributed by atoms with E-state index in [2.05, 4.69) is 10.6 Å². The molecule has 1 aliphatic rings. The Hall–Kier alpha value is -0.970. The number of nitrogens with one attached hydrogen (secondary N) is 2. The normalized spacial score (nSPS) is 20.2. The molecule has 1 aliphatic heterocycles. The molecule has 20 heavy (non-hydrogen) atoms. The number of rotatable bonds is 4. The van der Waals surface area contributed by atoms with Crippen LogP contribution in [0, 0.1) is 0 Å². The fraction of sp³-hybridized carbons (Fsp3) is 0.500. The van der Waals surface area contributed by atoms with Crippen molar-refractivity contribution in [2.24, 2.45) is 0 Å². The molecule has 110 valence electrons. The van der Waals surface area contributed by atoms with Crippen LogP contribution in [0.4, 0.5) is 0 Å². The molecule has 0 radical (unpaired) electrons. The second-order valence-electron chi connectivity index (χ2n) is 4.86. The Morgan fingerprint density at radius 1 is 1.50 bits per heavy atom. The number of piperidine rings is 1. The largest absolute Gasteiger partial charge is 0.479 e. The number of amides is 1. The van der Waals surface area contributed by atoms with E-state index in [1.807, 2.05) is 0 Å². The summed E-state index contributed by atoms with van der Waals surface area (Å²) < 4.78 is 5.58. The van der Waals surface area contributed by atoms with E-state index in [0.29, 0.717) is 15.8 Å². The van der Waals surface area contributed by atoms with Crippen LogP contribution >= 0.6 is 23.2 Å². The van der Waals surface area contributed by atoms with Crippen molar-refractivity contribution >= 4 is 29.1 Å². The first-order chi connectivity index (χ1) is 9.58. The summed E-state index contributed by atoms with van der Waals surface area (Å²) in [5.74, 6) is 0.276. The first-order valence-electron chi connectivity index (χ1n) is 6.69. The van der Waals surface area contributed by atoms with Gasteiger partial charge in [0, 0.05) is 12.6 Å². The summed E-state index contributed by atoms with van der Waals surface area (Å²) in [4.78, 5) is 12.1. The predicted molar refractivity (Wildman–Crippen MR) is 80.6 cm³/mol. The number of carbonyl (C=O) groups is 1. The zero-order valence-electron chi connectivity index (χ0n) is 11.3. The van der Waals surface area contributed by atoms with Crippen LogP contribution in [0.5, 0.6) is 5.75 Å². The summed E-state index contributed by atoms with van der Waals surface area (Å²) in [6.07, 6.45) is 1.44. The Morgan fingerprint density at radius 3 is 3.00 bits per heavy atom. The van der Waals surface area contributed by atoms with Crippen LogP contribution in [0.1, 0.15) is 19.8 Å². The van der Waals surface area contributed by atoms with Gasteiger partial charge in [0.15, 0.2) is 6.10 Å². The molecule has 2 N–H and O–H groups in total. The van der Waals surface area contributed by atoms with Crippen LogP contribution in [0.25, 0.3) is 0 Å². The Balaban J connectivity index is 1.91. The summed E-state index contributed by atoms with van der Waals surface area (Å²) in [7, 11) is 0. The highest BCUT2D eigenvalue weighted by Crippen LogP contribution is 2.32. The van der Waals surface area contributed by atoms with E-state index in [9.17, 15) is 4.79 Å². The molecule has 2 rings (SSSR count). The monoisotopic (exact) mass is 316 g/mol. The van der Waals surface area contributed by atoms with Gasteiger partial charge in [0.25, 0.3) is 5.91 Å². The van der Waals surface area contributed by atoms with Gasteiger partial charge >= 0.3 is 0 Å². The van der Waals surface area contributed by atoms with Crippen molar-refractivity contribution in [1.82, 2.24) is 10.6 Å². The molecule has 2 unspecified atom stereocenters. The molecule has 2 atom stereocenters. The van der Waals surface area contributed by atoms with Gasteiger partial charge in [-0.1, -0.05) is 29.3 Å². The summed E-state index contributed by atoms with van der Waals surface area (Å²) in [5, 5.41) is 6.96. The van der Waals surface area contributed by atoms with Crippen molar-refractivity contribution < 1.29 is 9.53 Å². The third kappa shape index (κ3) is 4.01. The Labute approximate surface area is 128 Å². The maximum Gasteiger partial charge on any atom is 0.261 e. The molecule has 0 spiro atoms. The third-order valence-corrected chi connectivity index (χ3v) is 4.03. The zero-order chi connectivity index (χ0) is 14.5. The summed E-state index contributed by atoms with van der Waals surface area (Å²) in [6, 6.07) is 5.27. The molecule has 0 saturated carbocycles. The van der Waals surface area contributed by atoms with Gasteiger partial charge in [-0.15, -0.1) is 0 Å². The first kappa shape index (κ1) is 15.4. The lowest BCUT2D eigenvalue weighted by atomic mass is 10.1. The molecule has 0 aromatic heterocycles. The van der Waals surface area contributed by atoms with Crippen LogP contribution in [-0.4, -0.2) is 31.1 Å². The van der Waals surface area contributed by atoms with Crippen molar-refractivity contribution in [3.63, 3.8) is 0 Å². The quantitative estimate of drug-likeness (QED) is 0.897. The standard InChI is InChI=1S/C14H18Cl2N2O2/c1-9(14(19)18-10-4-3-7-17-8-10)20-12-6-2-5-11(15)13(12)16/h2,5-6,9-10,17H,3-4,7-8H2,1H3,(H,18,19). The minimum absolute atomic E-state index is 0.144. The number of hydrogen-bond acceptors (Lipinski definition) is 3. The van der Waals surface area contributed by atoms with E-state index in [0.717, 1.165) is 25.9 Å². The molecule has 0 aliphatic carbocycles. The molecule has 1 heterocycles. The van der Waals surface area contributed by atoms with E-state index in [-0.39, 0.29) is 11.9 Å². The topological polar surface area (TPSA) is 50.4 Å². The minimum Gasteiger partial charge on any atom is -0.479 e. The SMILES string of the molecule is CC(Oc1cccc(Cl)c1Cl)C(=O)NC1CCCNC1. The fourth-order valence-corrected chi connectivity index (χ4v) is 2.45. The summed E-state index contributed by atoms with van der Waals surface area (Å²) in [6.45, 7) is 3.51. The van der Waals surface area contributed by atoms with E-state index in [1.54, 1.807) is 25.1 Å². The number of carbonyl (C=O) groups excluding carboxylic acids is 1. The Kier molecular flexibility index (Phi) is 5.52. The van der Waals surface area contributed by atoms with Crippen molar-refractivity contribution in [3.05, 3.63) is 28.2 Å². The fourth-order valence-electron chi connectivity index (χ4n) is 2.11. The van der Waals surface area contributed by atoms with Gasteiger partial charge in [-0.05, 0) is 38.4 Å². The zero-order valence-corrected chi connectivity index (χ0v) is 12.8. The van der Waals surface area contributed by atoms with Crippen LogP contribution in [0.2, 0.25) is 10.0 Å². The van der Waals surface area contributed by atoms with Gasteiger partial charge in [0.2, 0.25) is 0 Å². The summed E-state index contributed by atoms with van der Waals surface area (Å²) in [5.41, 5.74) is 0. The second kappa shape index (κ2) is 7.16. The number of ether oxygens (including phenoxy) is 1. The second-order valence-corrected chi connectivity index (χ2v) is 5.65. The van der Waals surface area contributed by atoms with E-state index >= 15 is 0 Å². The highest BCUT2D eigenvalue weighted by molar-refractivity contribution is 6.42. The van der Waals surface area contributed by atoms with Gasteiger partial charge in [-0.2, -0.15) is 0 Å². The molecule has 1 fully saturated rings. The third-order valence-electron chi connectivity index (χ3n) is 3.23. The maximum atomic E-state index is 12.1. The molecule has 6 heteroatoms. The smallest absolute Gasteiger partial charge is 0.261 e. The molecule has 1 amide bonds. The van der Waals surface area contributed by atoms with Gasteiger partial charge in [0.1, 0.15) is 10.8 Å². The maximum absolute atomic E-state index is 12.1. The van der Waals surface area contributed by atoms with Crippen LogP contribution in [0.15, 0.2) is 18.2 Å².